The molecule has 0 aliphatic heterocycles. The first-order valence-corrected chi connectivity index (χ1v) is 6.35. The zero-order chi connectivity index (χ0) is 13.8. The number of carboxylic acid groups (broad SMARTS) is 1. The van der Waals surface area contributed by atoms with Gasteiger partial charge in [-0.15, -0.1) is 0 Å². The molecule has 1 aromatic rings. The van der Waals surface area contributed by atoms with E-state index in [2.05, 4.69) is 21.2 Å². The minimum absolute atomic E-state index is 0.123. The molecule has 2 N–H and O–H groups in total. The van der Waals surface area contributed by atoms with Crippen LogP contribution in [0.4, 0.5) is 0 Å². The molecule has 0 aliphatic rings. The Morgan fingerprint density at radius 3 is 2.33 bits per heavy atom. The molecule has 1 rings (SSSR count). The molecule has 0 atom stereocenters. The fourth-order valence-corrected chi connectivity index (χ4v) is 1.51. The lowest BCUT2D eigenvalue weighted by atomic mass is 9.94. The summed E-state index contributed by atoms with van der Waals surface area (Å²) in [6.45, 7) is 3.28. The Hall–Kier alpha value is -1.36. The van der Waals surface area contributed by atoms with Gasteiger partial charge in [-0.2, -0.15) is 0 Å². The number of amides is 1. The number of rotatable bonds is 5. The highest BCUT2D eigenvalue weighted by atomic mass is 79.9. The van der Waals surface area contributed by atoms with Crippen LogP contribution in [0.3, 0.4) is 0 Å². The van der Waals surface area contributed by atoms with Crippen molar-refractivity contribution in [2.24, 2.45) is 5.41 Å². The number of aliphatic carboxylic acids is 1. The van der Waals surface area contributed by atoms with E-state index in [-0.39, 0.29) is 18.9 Å². The third-order valence-corrected chi connectivity index (χ3v) is 3.11. The number of halogens is 1. The number of nitrogens with one attached hydrogen (secondary N) is 1. The van der Waals surface area contributed by atoms with E-state index >= 15 is 0 Å². The lowest BCUT2D eigenvalue weighted by Crippen LogP contribution is -2.39. The number of hydrogen-bond acceptors (Lipinski definition) is 2. The molecule has 1 amide bonds. The smallest absolute Gasteiger partial charge is 0.310 e. The van der Waals surface area contributed by atoms with E-state index in [1.54, 1.807) is 13.8 Å². The number of carbonyl (C=O) groups is 2. The third-order valence-electron chi connectivity index (χ3n) is 2.58. The summed E-state index contributed by atoms with van der Waals surface area (Å²) in [6, 6.07) is 7.44. The third kappa shape index (κ3) is 4.49. The SMILES string of the molecule is CC(C)(CNC(=O)Cc1ccc(Br)cc1)C(=O)O. The van der Waals surface area contributed by atoms with Crippen LogP contribution >= 0.6 is 15.9 Å². The molecule has 0 heterocycles. The van der Waals surface area contributed by atoms with Gasteiger partial charge >= 0.3 is 5.97 Å². The second-order valence-corrected chi connectivity index (χ2v) is 5.68. The van der Waals surface area contributed by atoms with Gasteiger partial charge in [0.05, 0.1) is 11.8 Å². The zero-order valence-electron chi connectivity index (χ0n) is 10.4. The summed E-state index contributed by atoms with van der Waals surface area (Å²) >= 11 is 3.32. The lowest BCUT2D eigenvalue weighted by Gasteiger charge is -2.19. The molecule has 18 heavy (non-hydrogen) atoms. The van der Waals surface area contributed by atoms with Crippen LogP contribution in [0.5, 0.6) is 0 Å². The Labute approximate surface area is 115 Å². The second-order valence-electron chi connectivity index (χ2n) is 4.77. The summed E-state index contributed by atoms with van der Waals surface area (Å²) in [5.41, 5.74) is -0.0566. The Kier molecular flexibility index (Phi) is 4.90. The van der Waals surface area contributed by atoms with Crippen molar-refractivity contribution in [1.29, 1.82) is 0 Å². The van der Waals surface area contributed by atoms with Crippen LogP contribution in [0, 0.1) is 5.41 Å². The van der Waals surface area contributed by atoms with Crippen molar-refractivity contribution in [3.8, 4) is 0 Å². The summed E-state index contributed by atoms with van der Waals surface area (Å²) in [4.78, 5) is 22.5. The van der Waals surface area contributed by atoms with Gasteiger partial charge in [0.1, 0.15) is 0 Å². The summed E-state index contributed by atoms with van der Waals surface area (Å²) in [6.07, 6.45) is 0.253. The predicted molar refractivity (Wildman–Crippen MR) is 72.3 cm³/mol. The van der Waals surface area contributed by atoms with E-state index in [4.69, 9.17) is 5.11 Å². The molecule has 0 saturated carbocycles. The van der Waals surface area contributed by atoms with Gasteiger partial charge in [-0.25, -0.2) is 0 Å². The van der Waals surface area contributed by atoms with E-state index in [1.807, 2.05) is 24.3 Å². The fourth-order valence-electron chi connectivity index (χ4n) is 1.25. The zero-order valence-corrected chi connectivity index (χ0v) is 12.0. The minimum Gasteiger partial charge on any atom is -0.481 e. The van der Waals surface area contributed by atoms with Crippen LogP contribution in [-0.2, 0) is 16.0 Å². The number of benzene rings is 1. The number of carboxylic acids is 1. The summed E-state index contributed by atoms with van der Waals surface area (Å²) in [5, 5.41) is 11.6. The van der Waals surface area contributed by atoms with Gasteiger partial charge < -0.3 is 10.4 Å². The van der Waals surface area contributed by atoms with Crippen LogP contribution in [0.15, 0.2) is 28.7 Å². The average molecular weight is 314 g/mol. The number of hydrogen-bond donors (Lipinski definition) is 2. The highest BCUT2D eigenvalue weighted by Crippen LogP contribution is 2.14. The highest BCUT2D eigenvalue weighted by molar-refractivity contribution is 9.10. The average Bonchev–Trinajstić information content (AvgIpc) is 2.29. The van der Waals surface area contributed by atoms with Gasteiger partial charge in [0.2, 0.25) is 5.91 Å². The standard InChI is InChI=1S/C13H16BrNO3/c1-13(2,12(17)18)8-15-11(16)7-9-3-5-10(14)6-4-9/h3-6H,7-8H2,1-2H3,(H,15,16)(H,17,18). The van der Waals surface area contributed by atoms with E-state index < -0.39 is 11.4 Å². The minimum atomic E-state index is -0.949. The normalized spacial score (nSPS) is 11.1. The van der Waals surface area contributed by atoms with Crippen LogP contribution in [0.25, 0.3) is 0 Å². The maximum atomic E-state index is 11.7. The Morgan fingerprint density at radius 1 is 1.28 bits per heavy atom. The van der Waals surface area contributed by atoms with Crippen molar-refractivity contribution in [3.63, 3.8) is 0 Å². The second kappa shape index (κ2) is 6.00. The summed E-state index contributed by atoms with van der Waals surface area (Å²) < 4.78 is 0.957. The van der Waals surface area contributed by atoms with Crippen molar-refractivity contribution in [3.05, 3.63) is 34.3 Å². The Bertz CT molecular complexity index is 440. The lowest BCUT2D eigenvalue weighted by molar-refractivity contribution is -0.146. The molecule has 0 spiro atoms. The van der Waals surface area contributed by atoms with Crippen LogP contribution < -0.4 is 5.32 Å². The molecule has 0 radical (unpaired) electrons. The van der Waals surface area contributed by atoms with Gasteiger partial charge in [0.25, 0.3) is 0 Å². The first-order chi connectivity index (χ1) is 8.31. The van der Waals surface area contributed by atoms with Gasteiger partial charge in [0.15, 0.2) is 0 Å². The molecule has 1 aromatic carbocycles. The molecule has 0 bridgehead atoms. The largest absolute Gasteiger partial charge is 0.481 e. The van der Waals surface area contributed by atoms with E-state index in [1.165, 1.54) is 0 Å². The molecular formula is C13H16BrNO3. The van der Waals surface area contributed by atoms with Crippen molar-refractivity contribution >= 4 is 27.8 Å². The molecule has 0 fully saturated rings. The predicted octanol–water partition coefficient (Wildman–Crippen LogP) is 2.22. The summed E-state index contributed by atoms with van der Waals surface area (Å²) in [7, 11) is 0. The number of carbonyl (C=O) groups excluding carboxylic acids is 1. The van der Waals surface area contributed by atoms with Crippen LogP contribution in [-0.4, -0.2) is 23.5 Å². The summed E-state index contributed by atoms with van der Waals surface area (Å²) in [5.74, 6) is -1.10. The maximum Gasteiger partial charge on any atom is 0.310 e. The monoisotopic (exact) mass is 313 g/mol. The van der Waals surface area contributed by atoms with Gasteiger partial charge in [-0.3, -0.25) is 9.59 Å². The highest BCUT2D eigenvalue weighted by Gasteiger charge is 2.27. The molecule has 98 valence electrons. The first-order valence-electron chi connectivity index (χ1n) is 5.56. The van der Waals surface area contributed by atoms with Crippen molar-refractivity contribution in [2.75, 3.05) is 6.54 Å². The first kappa shape index (κ1) is 14.7. The molecule has 0 unspecified atom stereocenters. The Balaban J connectivity index is 2.48. The molecule has 5 heteroatoms. The van der Waals surface area contributed by atoms with E-state index in [0.29, 0.717) is 0 Å². The molecule has 0 aliphatic carbocycles. The van der Waals surface area contributed by atoms with Gasteiger partial charge in [-0.1, -0.05) is 28.1 Å². The molecule has 0 saturated heterocycles. The topological polar surface area (TPSA) is 66.4 Å². The van der Waals surface area contributed by atoms with Crippen LogP contribution in [0.1, 0.15) is 19.4 Å². The van der Waals surface area contributed by atoms with Crippen molar-refractivity contribution in [1.82, 2.24) is 5.32 Å². The van der Waals surface area contributed by atoms with Gasteiger partial charge in [0, 0.05) is 11.0 Å². The van der Waals surface area contributed by atoms with E-state index in [9.17, 15) is 9.59 Å². The molecule has 4 nitrogen and oxygen atoms in total. The van der Waals surface area contributed by atoms with Crippen molar-refractivity contribution in [2.45, 2.75) is 20.3 Å². The van der Waals surface area contributed by atoms with Crippen LogP contribution in [0.2, 0.25) is 0 Å². The van der Waals surface area contributed by atoms with Crippen molar-refractivity contribution < 1.29 is 14.7 Å². The molecule has 0 aromatic heterocycles. The maximum absolute atomic E-state index is 11.7. The van der Waals surface area contributed by atoms with E-state index in [0.717, 1.165) is 10.0 Å². The quantitative estimate of drug-likeness (QED) is 0.876. The molecular weight excluding hydrogens is 298 g/mol. The van der Waals surface area contributed by atoms with Gasteiger partial charge in [-0.05, 0) is 31.5 Å². The fraction of sp³-hybridized carbons (Fsp3) is 0.385. The Morgan fingerprint density at radius 2 is 1.83 bits per heavy atom.